The molecule has 0 aromatic rings. The van der Waals surface area contributed by atoms with Crippen LogP contribution in [0.15, 0.2) is 0 Å². The van der Waals surface area contributed by atoms with E-state index in [4.69, 9.17) is 4.74 Å². The zero-order chi connectivity index (χ0) is 9.68. The summed E-state index contributed by atoms with van der Waals surface area (Å²) in [7, 11) is 0. The molecule has 1 rings (SSSR count). The van der Waals surface area contributed by atoms with E-state index >= 15 is 0 Å². The predicted octanol–water partition coefficient (Wildman–Crippen LogP) is 2.19. The van der Waals surface area contributed by atoms with Crippen LogP contribution in [0, 0.1) is 5.92 Å². The van der Waals surface area contributed by atoms with Gasteiger partial charge in [0.15, 0.2) is 0 Å². The van der Waals surface area contributed by atoms with Crippen molar-refractivity contribution in [1.82, 2.24) is 5.32 Å². The molecule has 0 bridgehead atoms. The molecule has 1 N–H and O–H groups in total. The highest BCUT2D eigenvalue weighted by Gasteiger charge is 2.23. The van der Waals surface area contributed by atoms with Crippen LogP contribution in [0.4, 0.5) is 0 Å². The molecule has 0 spiro atoms. The predicted molar refractivity (Wildman–Crippen MR) is 55.9 cm³/mol. The standard InChI is InChI=1S/C11H23NO/c1-4-11-10(6-5-7-13-11)8-12-9(2)3/h9-12H,4-8H2,1-3H3. The topological polar surface area (TPSA) is 21.3 Å². The van der Waals surface area contributed by atoms with Crippen molar-refractivity contribution in [3.8, 4) is 0 Å². The van der Waals surface area contributed by atoms with E-state index in [0.717, 1.165) is 25.5 Å². The van der Waals surface area contributed by atoms with Crippen molar-refractivity contribution in [2.75, 3.05) is 13.2 Å². The minimum atomic E-state index is 0.500. The highest BCUT2D eigenvalue weighted by Crippen LogP contribution is 2.22. The van der Waals surface area contributed by atoms with E-state index in [9.17, 15) is 0 Å². The molecule has 0 aromatic heterocycles. The lowest BCUT2D eigenvalue weighted by molar-refractivity contribution is -0.0278. The molecule has 1 heterocycles. The van der Waals surface area contributed by atoms with Crippen LogP contribution in [-0.2, 0) is 4.74 Å². The maximum atomic E-state index is 5.73. The normalized spacial score (nSPS) is 29.5. The van der Waals surface area contributed by atoms with Gasteiger partial charge in [-0.15, -0.1) is 0 Å². The number of rotatable bonds is 4. The zero-order valence-electron chi connectivity index (χ0n) is 9.18. The lowest BCUT2D eigenvalue weighted by atomic mass is 9.92. The van der Waals surface area contributed by atoms with Gasteiger partial charge in [0.05, 0.1) is 6.10 Å². The molecule has 0 radical (unpaired) electrons. The van der Waals surface area contributed by atoms with Crippen molar-refractivity contribution in [1.29, 1.82) is 0 Å². The fourth-order valence-corrected chi connectivity index (χ4v) is 1.97. The Labute approximate surface area is 82.0 Å². The van der Waals surface area contributed by atoms with E-state index in [0.29, 0.717) is 12.1 Å². The first-order chi connectivity index (χ1) is 6.24. The van der Waals surface area contributed by atoms with Crippen molar-refractivity contribution in [3.05, 3.63) is 0 Å². The third-order valence-corrected chi connectivity index (χ3v) is 2.77. The lowest BCUT2D eigenvalue weighted by Crippen LogP contribution is -2.38. The van der Waals surface area contributed by atoms with Crippen LogP contribution < -0.4 is 5.32 Å². The van der Waals surface area contributed by atoms with Gasteiger partial charge >= 0.3 is 0 Å². The maximum absolute atomic E-state index is 5.73. The van der Waals surface area contributed by atoms with Crippen LogP contribution in [0.25, 0.3) is 0 Å². The molecule has 1 aliphatic heterocycles. The summed E-state index contributed by atoms with van der Waals surface area (Å²) < 4.78 is 5.73. The Bertz CT molecular complexity index is 136. The number of nitrogens with one attached hydrogen (secondary N) is 1. The van der Waals surface area contributed by atoms with Gasteiger partial charge in [-0.2, -0.15) is 0 Å². The second-order valence-electron chi connectivity index (χ2n) is 4.28. The molecule has 1 fully saturated rings. The third kappa shape index (κ3) is 3.65. The molecule has 78 valence electrons. The molecule has 2 nitrogen and oxygen atoms in total. The summed E-state index contributed by atoms with van der Waals surface area (Å²) in [5.74, 6) is 0.737. The summed E-state index contributed by atoms with van der Waals surface area (Å²) in [6, 6.07) is 0.597. The van der Waals surface area contributed by atoms with Crippen LogP contribution in [0.5, 0.6) is 0 Å². The van der Waals surface area contributed by atoms with Crippen molar-refractivity contribution in [2.24, 2.45) is 5.92 Å². The first-order valence-electron chi connectivity index (χ1n) is 5.59. The average Bonchev–Trinajstić information content (AvgIpc) is 2.15. The van der Waals surface area contributed by atoms with Gasteiger partial charge in [-0.3, -0.25) is 0 Å². The van der Waals surface area contributed by atoms with Gasteiger partial charge in [-0.1, -0.05) is 20.8 Å². The van der Waals surface area contributed by atoms with Crippen molar-refractivity contribution in [2.45, 2.75) is 52.2 Å². The van der Waals surface area contributed by atoms with Crippen LogP contribution in [0.1, 0.15) is 40.0 Å². The highest BCUT2D eigenvalue weighted by molar-refractivity contribution is 4.76. The largest absolute Gasteiger partial charge is 0.378 e. The third-order valence-electron chi connectivity index (χ3n) is 2.77. The molecule has 2 atom stereocenters. The first kappa shape index (κ1) is 11.0. The van der Waals surface area contributed by atoms with E-state index in [1.165, 1.54) is 12.8 Å². The Morgan fingerprint density at radius 2 is 2.23 bits per heavy atom. The van der Waals surface area contributed by atoms with Gasteiger partial charge in [-0.05, 0) is 25.2 Å². The smallest absolute Gasteiger partial charge is 0.0612 e. The molecule has 13 heavy (non-hydrogen) atoms. The summed E-state index contributed by atoms with van der Waals surface area (Å²) in [5, 5.41) is 3.50. The minimum Gasteiger partial charge on any atom is -0.378 e. The van der Waals surface area contributed by atoms with Gasteiger partial charge < -0.3 is 10.1 Å². The minimum absolute atomic E-state index is 0.500. The maximum Gasteiger partial charge on any atom is 0.0612 e. The monoisotopic (exact) mass is 185 g/mol. The number of hydrogen-bond acceptors (Lipinski definition) is 2. The first-order valence-corrected chi connectivity index (χ1v) is 5.59. The fraction of sp³-hybridized carbons (Fsp3) is 1.00. The van der Waals surface area contributed by atoms with Crippen molar-refractivity contribution >= 4 is 0 Å². The van der Waals surface area contributed by atoms with E-state index < -0.39 is 0 Å². The van der Waals surface area contributed by atoms with Crippen LogP contribution in [0.2, 0.25) is 0 Å². The number of hydrogen-bond donors (Lipinski definition) is 1. The van der Waals surface area contributed by atoms with Gasteiger partial charge in [0.25, 0.3) is 0 Å². The molecule has 0 saturated carbocycles. The summed E-state index contributed by atoms with van der Waals surface area (Å²) in [5.41, 5.74) is 0. The SMILES string of the molecule is CCC1OCCCC1CNC(C)C. The quantitative estimate of drug-likeness (QED) is 0.725. The molecule has 0 aromatic carbocycles. The van der Waals surface area contributed by atoms with E-state index in [2.05, 4.69) is 26.1 Å². The Morgan fingerprint density at radius 3 is 2.85 bits per heavy atom. The van der Waals surface area contributed by atoms with Crippen LogP contribution >= 0.6 is 0 Å². The fourth-order valence-electron chi connectivity index (χ4n) is 1.97. The van der Waals surface area contributed by atoms with Gasteiger partial charge in [0.2, 0.25) is 0 Å². The van der Waals surface area contributed by atoms with Crippen LogP contribution in [-0.4, -0.2) is 25.3 Å². The molecule has 1 saturated heterocycles. The Balaban J connectivity index is 2.27. The summed E-state index contributed by atoms with van der Waals surface area (Å²) in [4.78, 5) is 0. The number of ether oxygens (including phenoxy) is 1. The summed E-state index contributed by atoms with van der Waals surface area (Å²) >= 11 is 0. The second-order valence-corrected chi connectivity index (χ2v) is 4.28. The summed E-state index contributed by atoms with van der Waals surface area (Å²) in [6.07, 6.45) is 4.23. The van der Waals surface area contributed by atoms with Gasteiger partial charge in [0, 0.05) is 19.2 Å². The molecular formula is C11H23NO. The van der Waals surface area contributed by atoms with Gasteiger partial charge in [0.1, 0.15) is 0 Å². The highest BCUT2D eigenvalue weighted by atomic mass is 16.5. The lowest BCUT2D eigenvalue weighted by Gasteiger charge is -2.31. The van der Waals surface area contributed by atoms with E-state index in [-0.39, 0.29) is 0 Å². The Morgan fingerprint density at radius 1 is 1.46 bits per heavy atom. The molecule has 2 heteroatoms. The Hall–Kier alpha value is -0.0800. The van der Waals surface area contributed by atoms with E-state index in [1.54, 1.807) is 0 Å². The second kappa shape index (κ2) is 5.61. The molecule has 2 unspecified atom stereocenters. The van der Waals surface area contributed by atoms with Gasteiger partial charge in [-0.25, -0.2) is 0 Å². The Kier molecular flexibility index (Phi) is 4.74. The molecule has 1 aliphatic rings. The molecular weight excluding hydrogens is 162 g/mol. The zero-order valence-corrected chi connectivity index (χ0v) is 9.18. The van der Waals surface area contributed by atoms with Crippen molar-refractivity contribution in [3.63, 3.8) is 0 Å². The van der Waals surface area contributed by atoms with Crippen molar-refractivity contribution < 1.29 is 4.74 Å². The molecule has 0 amide bonds. The average molecular weight is 185 g/mol. The summed E-state index contributed by atoms with van der Waals surface area (Å²) in [6.45, 7) is 8.71. The van der Waals surface area contributed by atoms with E-state index in [1.807, 2.05) is 0 Å². The van der Waals surface area contributed by atoms with Crippen LogP contribution in [0.3, 0.4) is 0 Å². The molecule has 0 aliphatic carbocycles.